The van der Waals surface area contributed by atoms with Crippen LogP contribution in [-0.2, 0) is 0 Å². The maximum absolute atomic E-state index is 13.4. The molecule has 4 aromatic rings. The predicted octanol–water partition coefficient (Wildman–Crippen LogP) is 3.80. The van der Waals surface area contributed by atoms with Gasteiger partial charge in [0.05, 0.1) is 16.9 Å². The van der Waals surface area contributed by atoms with Crippen molar-refractivity contribution in [3.05, 3.63) is 72.0 Å². The molecule has 8 heteroatoms. The Labute approximate surface area is 161 Å². The van der Waals surface area contributed by atoms with E-state index in [4.69, 9.17) is 0 Å². The van der Waals surface area contributed by atoms with Crippen LogP contribution in [0, 0.1) is 19.7 Å². The lowest BCUT2D eigenvalue weighted by atomic mass is 10.2. The molecule has 0 saturated heterocycles. The zero-order chi connectivity index (χ0) is 19.7. The number of anilines is 1. The lowest BCUT2D eigenvalue weighted by molar-refractivity contribution is 0.629. The molecule has 3 aromatic heterocycles. The van der Waals surface area contributed by atoms with E-state index in [9.17, 15) is 4.39 Å². The first-order valence-electron chi connectivity index (χ1n) is 8.71. The van der Waals surface area contributed by atoms with Crippen molar-refractivity contribution in [2.24, 2.45) is 5.10 Å². The summed E-state index contributed by atoms with van der Waals surface area (Å²) in [5, 5.41) is 5.08. The summed E-state index contributed by atoms with van der Waals surface area (Å²) < 4.78 is 15.3. The van der Waals surface area contributed by atoms with E-state index in [1.54, 1.807) is 18.6 Å². The van der Waals surface area contributed by atoms with Crippen LogP contribution in [0.1, 0.15) is 23.9 Å². The number of nitrogens with zero attached hydrogens (tertiary/aromatic N) is 6. The van der Waals surface area contributed by atoms with Crippen LogP contribution in [0.25, 0.3) is 16.7 Å². The summed E-state index contributed by atoms with van der Waals surface area (Å²) in [5.74, 6) is 0.969. The fraction of sp³-hybridized carbons (Fsp3) is 0.150. The average Bonchev–Trinajstić information content (AvgIpc) is 3.04. The lowest BCUT2D eigenvalue weighted by Gasteiger charge is -2.07. The third-order valence-electron chi connectivity index (χ3n) is 4.59. The quantitative estimate of drug-likeness (QED) is 0.433. The third kappa shape index (κ3) is 3.32. The van der Waals surface area contributed by atoms with Crippen molar-refractivity contribution >= 4 is 22.4 Å². The predicted molar refractivity (Wildman–Crippen MR) is 106 cm³/mol. The standard InChI is InChI=1S/C20H18FN7/c1-12-14(3)28(11-25-12)19-7-4-15(9-22-19)13(2)26-27-20-17-6-5-16(21)8-18(17)23-10-24-20/h4-11H,1-3H3,(H,23,24,27). The Morgan fingerprint density at radius 3 is 2.64 bits per heavy atom. The van der Waals surface area contributed by atoms with Crippen LogP contribution in [0.3, 0.4) is 0 Å². The van der Waals surface area contributed by atoms with E-state index in [0.717, 1.165) is 28.5 Å². The summed E-state index contributed by atoms with van der Waals surface area (Å²) in [7, 11) is 0. The molecule has 0 aliphatic heterocycles. The monoisotopic (exact) mass is 375 g/mol. The summed E-state index contributed by atoms with van der Waals surface area (Å²) in [5.41, 5.74) is 7.10. The number of hydrogen-bond donors (Lipinski definition) is 1. The first-order chi connectivity index (χ1) is 13.5. The van der Waals surface area contributed by atoms with Gasteiger partial charge in [0.2, 0.25) is 0 Å². The molecule has 0 unspecified atom stereocenters. The highest BCUT2D eigenvalue weighted by Gasteiger charge is 2.07. The summed E-state index contributed by atoms with van der Waals surface area (Å²) in [6.45, 7) is 5.85. The molecule has 28 heavy (non-hydrogen) atoms. The minimum absolute atomic E-state index is 0.341. The highest BCUT2D eigenvalue weighted by Crippen LogP contribution is 2.20. The maximum atomic E-state index is 13.4. The summed E-state index contributed by atoms with van der Waals surface area (Å²) in [4.78, 5) is 17.1. The second-order valence-corrected chi connectivity index (χ2v) is 6.38. The number of aromatic nitrogens is 5. The fourth-order valence-corrected chi connectivity index (χ4v) is 2.79. The van der Waals surface area contributed by atoms with E-state index in [0.29, 0.717) is 16.7 Å². The number of rotatable bonds is 4. The zero-order valence-corrected chi connectivity index (χ0v) is 15.7. The molecule has 140 valence electrons. The average molecular weight is 375 g/mol. The number of fused-ring (bicyclic) bond motifs is 1. The Balaban J connectivity index is 1.57. The topological polar surface area (TPSA) is 80.9 Å². The Hall–Kier alpha value is -3.68. The normalized spacial score (nSPS) is 11.8. The number of hydrazone groups is 1. The van der Waals surface area contributed by atoms with Gasteiger partial charge in [-0.1, -0.05) is 0 Å². The van der Waals surface area contributed by atoms with Gasteiger partial charge in [0.25, 0.3) is 0 Å². The van der Waals surface area contributed by atoms with Crippen LogP contribution in [0.5, 0.6) is 0 Å². The van der Waals surface area contributed by atoms with Crippen molar-refractivity contribution in [3.63, 3.8) is 0 Å². The maximum Gasteiger partial charge on any atom is 0.157 e. The molecular formula is C20H18FN7. The van der Waals surface area contributed by atoms with Gasteiger partial charge < -0.3 is 0 Å². The van der Waals surface area contributed by atoms with Gasteiger partial charge in [-0.2, -0.15) is 5.10 Å². The minimum atomic E-state index is -0.341. The van der Waals surface area contributed by atoms with E-state index in [2.05, 4.69) is 30.5 Å². The van der Waals surface area contributed by atoms with Crippen molar-refractivity contribution in [2.75, 3.05) is 5.43 Å². The number of nitrogens with one attached hydrogen (secondary N) is 1. The van der Waals surface area contributed by atoms with Gasteiger partial charge in [0.1, 0.15) is 24.3 Å². The first-order valence-corrected chi connectivity index (χ1v) is 8.71. The number of pyridine rings is 1. The SMILES string of the molecule is CC(=NNc1ncnc2cc(F)ccc12)c1ccc(-n2cnc(C)c2C)nc1. The smallest absolute Gasteiger partial charge is 0.157 e. The van der Waals surface area contributed by atoms with Crippen molar-refractivity contribution in [3.8, 4) is 5.82 Å². The zero-order valence-electron chi connectivity index (χ0n) is 15.7. The summed E-state index contributed by atoms with van der Waals surface area (Å²) in [6.07, 6.45) is 4.90. The van der Waals surface area contributed by atoms with E-state index < -0.39 is 0 Å². The highest BCUT2D eigenvalue weighted by atomic mass is 19.1. The lowest BCUT2D eigenvalue weighted by Crippen LogP contribution is -2.04. The van der Waals surface area contributed by atoms with Gasteiger partial charge in [-0.25, -0.2) is 24.3 Å². The van der Waals surface area contributed by atoms with E-state index in [1.165, 1.54) is 18.5 Å². The van der Waals surface area contributed by atoms with Crippen LogP contribution < -0.4 is 5.43 Å². The molecule has 4 rings (SSSR count). The first kappa shape index (κ1) is 17.7. The molecule has 0 aliphatic carbocycles. The van der Waals surface area contributed by atoms with E-state index in [1.807, 2.05) is 37.5 Å². The van der Waals surface area contributed by atoms with Gasteiger partial charge in [-0.3, -0.25) is 9.99 Å². The van der Waals surface area contributed by atoms with Gasteiger partial charge in [-0.15, -0.1) is 0 Å². The Kier molecular flexibility index (Phi) is 4.52. The molecule has 0 atom stereocenters. The molecule has 0 radical (unpaired) electrons. The Morgan fingerprint density at radius 2 is 1.93 bits per heavy atom. The molecule has 1 aromatic carbocycles. The molecule has 0 fully saturated rings. The van der Waals surface area contributed by atoms with Crippen molar-refractivity contribution < 1.29 is 4.39 Å². The fourth-order valence-electron chi connectivity index (χ4n) is 2.79. The van der Waals surface area contributed by atoms with Crippen LogP contribution in [-0.4, -0.2) is 30.2 Å². The molecular weight excluding hydrogens is 357 g/mol. The number of halogens is 1. The molecule has 7 nitrogen and oxygen atoms in total. The second kappa shape index (κ2) is 7.15. The molecule has 0 aliphatic rings. The van der Waals surface area contributed by atoms with Gasteiger partial charge in [-0.05, 0) is 45.0 Å². The highest BCUT2D eigenvalue weighted by molar-refractivity contribution is 5.99. The van der Waals surface area contributed by atoms with Crippen molar-refractivity contribution in [1.29, 1.82) is 0 Å². The molecule has 1 N–H and O–H groups in total. The molecule has 0 amide bonds. The third-order valence-corrected chi connectivity index (χ3v) is 4.59. The van der Waals surface area contributed by atoms with Crippen LogP contribution in [0.2, 0.25) is 0 Å². The van der Waals surface area contributed by atoms with Crippen molar-refractivity contribution in [1.82, 2.24) is 24.5 Å². The van der Waals surface area contributed by atoms with Crippen LogP contribution in [0.15, 0.2) is 54.3 Å². The number of aryl methyl sites for hydroxylation is 1. The molecule has 0 bridgehead atoms. The van der Waals surface area contributed by atoms with Gasteiger partial charge in [0, 0.05) is 28.9 Å². The second-order valence-electron chi connectivity index (χ2n) is 6.38. The van der Waals surface area contributed by atoms with E-state index in [-0.39, 0.29) is 5.82 Å². The van der Waals surface area contributed by atoms with Gasteiger partial charge in [0.15, 0.2) is 5.82 Å². The van der Waals surface area contributed by atoms with Crippen LogP contribution >= 0.6 is 0 Å². The minimum Gasteiger partial charge on any atom is -0.287 e. The molecule has 0 spiro atoms. The largest absolute Gasteiger partial charge is 0.287 e. The van der Waals surface area contributed by atoms with Gasteiger partial charge >= 0.3 is 0 Å². The van der Waals surface area contributed by atoms with Crippen LogP contribution in [0.4, 0.5) is 10.2 Å². The molecule has 0 saturated carbocycles. The van der Waals surface area contributed by atoms with E-state index >= 15 is 0 Å². The van der Waals surface area contributed by atoms with Crippen molar-refractivity contribution in [2.45, 2.75) is 20.8 Å². The Bertz CT molecular complexity index is 1180. The molecule has 3 heterocycles. The summed E-state index contributed by atoms with van der Waals surface area (Å²) >= 11 is 0. The number of hydrogen-bond acceptors (Lipinski definition) is 6. The summed E-state index contributed by atoms with van der Waals surface area (Å²) in [6, 6.07) is 8.23. The Morgan fingerprint density at radius 1 is 1.07 bits per heavy atom. The number of benzene rings is 1. The number of imidazole rings is 1.